The second-order valence-corrected chi connectivity index (χ2v) is 6.31. The molecule has 1 nitrogen and oxygen atoms in total. The van der Waals surface area contributed by atoms with Crippen molar-refractivity contribution in [2.45, 2.75) is 52.6 Å². The van der Waals surface area contributed by atoms with E-state index >= 15 is 0 Å². The van der Waals surface area contributed by atoms with E-state index in [2.05, 4.69) is 52.0 Å². The molecule has 0 unspecified atom stereocenters. The fraction of sp³-hybridized carbons (Fsp3) is 0.600. The molecule has 0 fully saturated rings. The van der Waals surface area contributed by atoms with Crippen LogP contribution in [0.25, 0.3) is 0 Å². The Hall–Kier alpha value is -0.980. The van der Waals surface area contributed by atoms with Gasteiger partial charge in [0.05, 0.1) is 0 Å². The minimum Gasteiger partial charge on any atom is -0.488 e. The van der Waals surface area contributed by atoms with Gasteiger partial charge in [0.2, 0.25) is 0 Å². The minimum absolute atomic E-state index is 0.0694. The van der Waals surface area contributed by atoms with Crippen molar-refractivity contribution in [2.24, 2.45) is 5.41 Å². The highest BCUT2D eigenvalue weighted by atomic mass is 16.5. The lowest BCUT2D eigenvalue weighted by Crippen LogP contribution is -2.36. The maximum atomic E-state index is 6.16. The Kier molecular flexibility index (Phi) is 2.73. The number of hydrogen-bond donors (Lipinski definition) is 0. The summed E-state index contributed by atoms with van der Waals surface area (Å²) in [5, 5.41) is 0. The van der Waals surface area contributed by atoms with Gasteiger partial charge in [-0.2, -0.15) is 0 Å². The van der Waals surface area contributed by atoms with Gasteiger partial charge in [0, 0.05) is 0 Å². The van der Waals surface area contributed by atoms with Crippen molar-refractivity contribution in [1.29, 1.82) is 0 Å². The summed E-state index contributed by atoms with van der Waals surface area (Å²) in [6.45, 7) is 9.06. The lowest BCUT2D eigenvalue weighted by Gasteiger charge is -2.38. The Morgan fingerprint density at radius 3 is 2.50 bits per heavy atom. The molecule has 0 radical (unpaired) electrons. The van der Waals surface area contributed by atoms with Gasteiger partial charge in [0.1, 0.15) is 11.4 Å². The molecule has 0 spiro atoms. The van der Waals surface area contributed by atoms with Crippen molar-refractivity contribution in [3.05, 3.63) is 29.8 Å². The van der Waals surface area contributed by atoms with Crippen molar-refractivity contribution in [2.75, 3.05) is 0 Å². The molecule has 1 aromatic carbocycles. The maximum absolute atomic E-state index is 6.16. The van der Waals surface area contributed by atoms with Crippen LogP contribution in [-0.4, -0.2) is 5.60 Å². The molecule has 0 atom stereocenters. The highest BCUT2D eigenvalue weighted by molar-refractivity contribution is 5.34. The summed E-state index contributed by atoms with van der Waals surface area (Å²) in [5.41, 5.74) is 1.64. The van der Waals surface area contributed by atoms with E-state index in [1.807, 2.05) is 0 Å². The predicted octanol–water partition coefficient (Wildman–Crippen LogP) is 4.21. The van der Waals surface area contributed by atoms with Crippen molar-refractivity contribution in [3.63, 3.8) is 0 Å². The average Bonchev–Trinajstić information content (AvgIpc) is 2.12. The number of benzene rings is 1. The summed E-state index contributed by atoms with van der Waals surface area (Å²) in [4.78, 5) is 0. The molecular formula is C15H22O. The third-order valence-corrected chi connectivity index (χ3v) is 3.33. The van der Waals surface area contributed by atoms with Crippen molar-refractivity contribution in [1.82, 2.24) is 0 Å². The first-order valence-corrected chi connectivity index (χ1v) is 6.15. The van der Waals surface area contributed by atoms with Crippen LogP contribution in [-0.2, 0) is 6.42 Å². The van der Waals surface area contributed by atoms with Crippen LogP contribution in [0, 0.1) is 5.41 Å². The Morgan fingerprint density at radius 2 is 1.75 bits per heavy atom. The van der Waals surface area contributed by atoms with Crippen LogP contribution in [0.4, 0.5) is 0 Å². The SMILES string of the molecule is CC1(C)CCc2ccccc2OC(C)(C)C1. The summed E-state index contributed by atoms with van der Waals surface area (Å²) >= 11 is 0. The van der Waals surface area contributed by atoms with Crippen molar-refractivity contribution >= 4 is 0 Å². The van der Waals surface area contributed by atoms with E-state index < -0.39 is 0 Å². The lowest BCUT2D eigenvalue weighted by molar-refractivity contribution is 0.0458. The zero-order valence-corrected chi connectivity index (χ0v) is 10.8. The number of para-hydroxylation sites is 1. The average molecular weight is 218 g/mol. The van der Waals surface area contributed by atoms with Gasteiger partial charge in [-0.15, -0.1) is 0 Å². The molecular weight excluding hydrogens is 196 g/mol. The topological polar surface area (TPSA) is 9.23 Å². The Morgan fingerprint density at radius 1 is 1.06 bits per heavy atom. The fourth-order valence-electron chi connectivity index (χ4n) is 2.86. The van der Waals surface area contributed by atoms with Gasteiger partial charge in [0.25, 0.3) is 0 Å². The molecule has 0 N–H and O–H groups in total. The Balaban J connectivity index is 2.35. The quantitative estimate of drug-likeness (QED) is 0.634. The molecule has 0 saturated heterocycles. The van der Waals surface area contributed by atoms with E-state index in [1.54, 1.807) is 0 Å². The van der Waals surface area contributed by atoms with E-state index in [9.17, 15) is 0 Å². The third-order valence-electron chi connectivity index (χ3n) is 3.33. The van der Waals surface area contributed by atoms with Crippen LogP contribution in [0.5, 0.6) is 5.75 Å². The fourth-order valence-corrected chi connectivity index (χ4v) is 2.86. The number of aryl methyl sites for hydroxylation is 1. The standard InChI is InChI=1S/C15H22O/c1-14(2)10-9-12-7-5-6-8-13(12)16-15(3,4)11-14/h5-8H,9-11H2,1-4H3. The molecule has 88 valence electrons. The van der Waals surface area contributed by atoms with Gasteiger partial charge >= 0.3 is 0 Å². The van der Waals surface area contributed by atoms with E-state index in [0.717, 1.165) is 18.6 Å². The molecule has 1 aromatic rings. The molecule has 1 heteroatoms. The second-order valence-electron chi connectivity index (χ2n) is 6.31. The van der Waals surface area contributed by atoms with E-state index in [0.29, 0.717) is 5.41 Å². The first kappa shape index (κ1) is 11.5. The largest absolute Gasteiger partial charge is 0.488 e. The molecule has 0 aromatic heterocycles. The monoisotopic (exact) mass is 218 g/mol. The van der Waals surface area contributed by atoms with Gasteiger partial charge in [-0.1, -0.05) is 32.0 Å². The zero-order valence-electron chi connectivity index (χ0n) is 10.8. The van der Waals surface area contributed by atoms with Crippen LogP contribution in [0.2, 0.25) is 0 Å². The van der Waals surface area contributed by atoms with Crippen LogP contribution >= 0.6 is 0 Å². The van der Waals surface area contributed by atoms with Gasteiger partial charge < -0.3 is 4.74 Å². The van der Waals surface area contributed by atoms with E-state index in [1.165, 1.54) is 12.0 Å². The normalized spacial score (nSPS) is 22.5. The van der Waals surface area contributed by atoms with Gasteiger partial charge in [-0.25, -0.2) is 0 Å². The highest BCUT2D eigenvalue weighted by Crippen LogP contribution is 2.39. The van der Waals surface area contributed by atoms with Crippen LogP contribution in [0.3, 0.4) is 0 Å². The minimum atomic E-state index is -0.0694. The molecule has 1 aliphatic rings. The molecule has 0 saturated carbocycles. The molecule has 2 rings (SSSR count). The van der Waals surface area contributed by atoms with Crippen LogP contribution in [0.15, 0.2) is 24.3 Å². The van der Waals surface area contributed by atoms with Crippen LogP contribution in [0.1, 0.15) is 46.1 Å². The van der Waals surface area contributed by atoms with Crippen molar-refractivity contribution in [3.8, 4) is 5.75 Å². The lowest BCUT2D eigenvalue weighted by atomic mass is 9.76. The number of ether oxygens (including phenoxy) is 1. The summed E-state index contributed by atoms with van der Waals surface area (Å²) in [5.74, 6) is 1.07. The third kappa shape index (κ3) is 2.58. The number of hydrogen-bond acceptors (Lipinski definition) is 1. The summed E-state index contributed by atoms with van der Waals surface area (Å²) < 4.78 is 6.16. The van der Waals surface area contributed by atoms with E-state index in [-0.39, 0.29) is 5.60 Å². The molecule has 0 aliphatic carbocycles. The molecule has 1 heterocycles. The molecule has 0 bridgehead atoms. The molecule has 1 aliphatic heterocycles. The summed E-state index contributed by atoms with van der Waals surface area (Å²) in [7, 11) is 0. The zero-order chi connectivity index (χ0) is 11.8. The smallest absolute Gasteiger partial charge is 0.123 e. The highest BCUT2D eigenvalue weighted by Gasteiger charge is 2.32. The molecule has 0 amide bonds. The predicted molar refractivity (Wildman–Crippen MR) is 67.9 cm³/mol. The summed E-state index contributed by atoms with van der Waals surface area (Å²) in [6, 6.07) is 8.44. The Bertz CT molecular complexity index is 377. The van der Waals surface area contributed by atoms with Gasteiger partial charge in [0.15, 0.2) is 0 Å². The second kappa shape index (κ2) is 3.80. The first-order valence-electron chi connectivity index (χ1n) is 6.15. The van der Waals surface area contributed by atoms with Gasteiger partial charge in [-0.3, -0.25) is 0 Å². The van der Waals surface area contributed by atoms with Gasteiger partial charge in [-0.05, 0) is 50.2 Å². The first-order chi connectivity index (χ1) is 7.38. The Labute approximate surface area is 98.8 Å². The molecule has 16 heavy (non-hydrogen) atoms. The summed E-state index contributed by atoms with van der Waals surface area (Å²) in [6.07, 6.45) is 3.46. The van der Waals surface area contributed by atoms with E-state index in [4.69, 9.17) is 4.74 Å². The number of rotatable bonds is 0. The number of fused-ring (bicyclic) bond motifs is 1. The maximum Gasteiger partial charge on any atom is 0.123 e. The van der Waals surface area contributed by atoms with Crippen LogP contribution < -0.4 is 4.74 Å². The van der Waals surface area contributed by atoms with Crippen molar-refractivity contribution < 1.29 is 4.74 Å².